The van der Waals surface area contributed by atoms with Crippen molar-refractivity contribution in [3.8, 4) is 17.2 Å². The van der Waals surface area contributed by atoms with Crippen LogP contribution in [0.25, 0.3) is 0 Å². The predicted octanol–water partition coefficient (Wildman–Crippen LogP) is 4.22. The SMILES string of the molecule is CCOC(=O)C1=C(COc2cc(C)cc(C)c2C)N(C)C(=O)N[C@@H]1c1ccc(OC)c(OC)c1. The van der Waals surface area contributed by atoms with E-state index in [9.17, 15) is 9.59 Å². The zero-order valence-corrected chi connectivity index (χ0v) is 20.8. The Morgan fingerprint density at radius 3 is 2.38 bits per heavy atom. The summed E-state index contributed by atoms with van der Waals surface area (Å²) < 4.78 is 22.3. The van der Waals surface area contributed by atoms with Gasteiger partial charge in [-0.15, -0.1) is 0 Å². The van der Waals surface area contributed by atoms with Gasteiger partial charge in [-0.05, 0) is 68.1 Å². The van der Waals surface area contributed by atoms with E-state index in [1.165, 1.54) is 12.0 Å². The number of carbonyl (C=O) groups excluding carboxylic acids is 2. The highest BCUT2D eigenvalue weighted by Gasteiger charge is 2.37. The number of urea groups is 1. The van der Waals surface area contributed by atoms with Crippen LogP contribution in [0.4, 0.5) is 4.79 Å². The predicted molar refractivity (Wildman–Crippen MR) is 128 cm³/mol. The van der Waals surface area contributed by atoms with Crippen molar-refractivity contribution in [2.75, 3.05) is 34.5 Å². The molecule has 2 amide bonds. The van der Waals surface area contributed by atoms with Gasteiger partial charge in [-0.3, -0.25) is 4.90 Å². The topological polar surface area (TPSA) is 86.3 Å². The number of nitrogens with one attached hydrogen (secondary N) is 1. The summed E-state index contributed by atoms with van der Waals surface area (Å²) in [5.74, 6) is 1.21. The molecule has 1 aliphatic rings. The standard InChI is InChI=1S/C26H32N2O6/c1-8-33-25(29)23-19(14-34-21-12-15(2)11-16(3)17(21)4)28(5)26(30)27-24(23)18-9-10-20(31-6)22(13-18)32-7/h9-13,24H,8,14H2,1-7H3,(H,27,30)/t24-/m1/s1. The number of benzene rings is 2. The number of amides is 2. The monoisotopic (exact) mass is 468 g/mol. The number of nitrogens with zero attached hydrogens (tertiary/aromatic N) is 1. The fourth-order valence-electron chi connectivity index (χ4n) is 3.96. The lowest BCUT2D eigenvalue weighted by Crippen LogP contribution is -2.48. The normalized spacial score (nSPS) is 15.7. The molecule has 2 aromatic rings. The third kappa shape index (κ3) is 4.95. The van der Waals surface area contributed by atoms with Crippen LogP contribution in [0.1, 0.15) is 35.2 Å². The molecular weight excluding hydrogens is 436 g/mol. The molecule has 1 heterocycles. The van der Waals surface area contributed by atoms with Gasteiger partial charge < -0.3 is 24.3 Å². The zero-order chi connectivity index (χ0) is 25.0. The van der Waals surface area contributed by atoms with E-state index in [1.807, 2.05) is 26.8 Å². The first-order valence-electron chi connectivity index (χ1n) is 11.1. The molecule has 0 unspecified atom stereocenters. The maximum Gasteiger partial charge on any atom is 0.338 e. The molecule has 0 radical (unpaired) electrons. The number of rotatable bonds is 8. The Morgan fingerprint density at radius 2 is 1.74 bits per heavy atom. The second-order valence-electron chi connectivity index (χ2n) is 8.13. The van der Waals surface area contributed by atoms with Crippen LogP contribution >= 0.6 is 0 Å². The summed E-state index contributed by atoms with van der Waals surface area (Å²) in [7, 11) is 4.68. The number of hydrogen-bond acceptors (Lipinski definition) is 6. The third-order valence-electron chi connectivity index (χ3n) is 5.94. The van der Waals surface area contributed by atoms with Gasteiger partial charge in [-0.25, -0.2) is 9.59 Å². The summed E-state index contributed by atoms with van der Waals surface area (Å²) in [6, 6.07) is 8.17. The molecule has 0 spiro atoms. The molecule has 1 atom stereocenters. The Kier molecular flexibility index (Phi) is 7.71. The van der Waals surface area contributed by atoms with Crippen LogP contribution < -0.4 is 19.5 Å². The van der Waals surface area contributed by atoms with Crippen LogP contribution in [0.2, 0.25) is 0 Å². The largest absolute Gasteiger partial charge is 0.493 e. The van der Waals surface area contributed by atoms with Gasteiger partial charge in [0.15, 0.2) is 11.5 Å². The van der Waals surface area contributed by atoms with Crippen molar-refractivity contribution in [3.05, 3.63) is 63.9 Å². The number of hydrogen-bond donors (Lipinski definition) is 1. The van der Waals surface area contributed by atoms with Crippen LogP contribution in [0.3, 0.4) is 0 Å². The Balaban J connectivity index is 2.10. The fraction of sp³-hybridized carbons (Fsp3) is 0.385. The van der Waals surface area contributed by atoms with Crippen LogP contribution in [0, 0.1) is 20.8 Å². The summed E-state index contributed by atoms with van der Waals surface area (Å²) in [4.78, 5) is 27.4. The Labute approximate surface area is 200 Å². The maximum atomic E-state index is 13.1. The lowest BCUT2D eigenvalue weighted by atomic mass is 9.94. The summed E-state index contributed by atoms with van der Waals surface area (Å²) in [5, 5.41) is 2.89. The van der Waals surface area contributed by atoms with Crippen LogP contribution in [-0.4, -0.2) is 51.4 Å². The van der Waals surface area contributed by atoms with Crippen molar-refractivity contribution in [3.63, 3.8) is 0 Å². The van der Waals surface area contributed by atoms with Gasteiger partial charge in [-0.1, -0.05) is 12.1 Å². The van der Waals surface area contributed by atoms with E-state index in [4.69, 9.17) is 18.9 Å². The third-order valence-corrected chi connectivity index (χ3v) is 5.94. The highest BCUT2D eigenvalue weighted by atomic mass is 16.5. The summed E-state index contributed by atoms with van der Waals surface area (Å²) in [6.45, 7) is 7.95. The van der Waals surface area contributed by atoms with Crippen molar-refractivity contribution in [1.82, 2.24) is 10.2 Å². The molecule has 0 saturated heterocycles. The number of ether oxygens (including phenoxy) is 4. The van der Waals surface area contributed by atoms with Crippen molar-refractivity contribution < 1.29 is 28.5 Å². The minimum absolute atomic E-state index is 0.0194. The first-order valence-corrected chi connectivity index (χ1v) is 11.1. The highest BCUT2D eigenvalue weighted by Crippen LogP contribution is 2.36. The van der Waals surface area contributed by atoms with Crippen molar-refractivity contribution in [2.45, 2.75) is 33.7 Å². The molecule has 8 heteroatoms. The van der Waals surface area contributed by atoms with Crippen molar-refractivity contribution in [1.29, 1.82) is 0 Å². The smallest absolute Gasteiger partial charge is 0.338 e. The first-order chi connectivity index (χ1) is 16.2. The van der Waals surface area contributed by atoms with E-state index < -0.39 is 12.0 Å². The van der Waals surface area contributed by atoms with Gasteiger partial charge in [-0.2, -0.15) is 0 Å². The number of carbonyl (C=O) groups is 2. The average molecular weight is 469 g/mol. The lowest BCUT2D eigenvalue weighted by molar-refractivity contribution is -0.139. The number of aryl methyl sites for hydroxylation is 2. The molecule has 0 saturated carbocycles. The van der Waals surface area contributed by atoms with Gasteiger partial charge in [0.05, 0.1) is 38.1 Å². The summed E-state index contributed by atoms with van der Waals surface area (Å²) >= 11 is 0. The van der Waals surface area contributed by atoms with E-state index >= 15 is 0 Å². The molecule has 0 aromatic heterocycles. The molecule has 0 fully saturated rings. The Hall–Kier alpha value is -3.68. The Bertz CT molecular complexity index is 1120. The molecule has 182 valence electrons. The summed E-state index contributed by atoms with van der Waals surface area (Å²) in [6.07, 6.45) is 0. The molecule has 8 nitrogen and oxygen atoms in total. The fourth-order valence-corrected chi connectivity index (χ4v) is 3.96. The van der Waals surface area contributed by atoms with Gasteiger partial charge >= 0.3 is 12.0 Å². The maximum absolute atomic E-state index is 13.1. The van der Waals surface area contributed by atoms with E-state index in [-0.39, 0.29) is 19.2 Å². The second-order valence-corrected chi connectivity index (χ2v) is 8.13. The van der Waals surface area contributed by atoms with Gasteiger partial charge in [0.25, 0.3) is 0 Å². The van der Waals surface area contributed by atoms with Crippen LogP contribution in [-0.2, 0) is 9.53 Å². The molecule has 0 aliphatic carbocycles. The molecule has 3 rings (SSSR count). The molecule has 1 aliphatic heterocycles. The molecular formula is C26H32N2O6. The van der Waals surface area contributed by atoms with Gasteiger partial charge in [0.1, 0.15) is 12.4 Å². The van der Waals surface area contributed by atoms with Gasteiger partial charge in [0, 0.05) is 7.05 Å². The van der Waals surface area contributed by atoms with Crippen molar-refractivity contribution >= 4 is 12.0 Å². The quantitative estimate of drug-likeness (QED) is 0.584. The van der Waals surface area contributed by atoms with Crippen LogP contribution in [0.15, 0.2) is 41.6 Å². The molecule has 2 aromatic carbocycles. The van der Waals surface area contributed by atoms with E-state index in [1.54, 1.807) is 39.3 Å². The number of likely N-dealkylation sites (N-methyl/N-ethyl adjacent to an activating group) is 1. The number of methoxy groups -OCH3 is 2. The average Bonchev–Trinajstić information content (AvgIpc) is 2.81. The van der Waals surface area contributed by atoms with E-state index in [0.717, 1.165) is 16.7 Å². The molecule has 0 bridgehead atoms. The first kappa shape index (κ1) is 25.0. The minimum Gasteiger partial charge on any atom is -0.493 e. The number of esters is 1. The van der Waals surface area contributed by atoms with E-state index in [0.29, 0.717) is 34.1 Å². The summed E-state index contributed by atoms with van der Waals surface area (Å²) in [5.41, 5.74) is 4.56. The van der Waals surface area contributed by atoms with Crippen molar-refractivity contribution in [2.24, 2.45) is 0 Å². The molecule has 1 N–H and O–H groups in total. The zero-order valence-electron chi connectivity index (χ0n) is 20.8. The minimum atomic E-state index is -0.749. The highest BCUT2D eigenvalue weighted by molar-refractivity contribution is 5.95. The van der Waals surface area contributed by atoms with E-state index in [2.05, 4.69) is 11.4 Å². The molecule has 34 heavy (non-hydrogen) atoms. The van der Waals surface area contributed by atoms with Crippen LogP contribution in [0.5, 0.6) is 17.2 Å². The second kappa shape index (κ2) is 10.5. The van der Waals surface area contributed by atoms with Gasteiger partial charge in [0.2, 0.25) is 0 Å². The lowest BCUT2D eigenvalue weighted by Gasteiger charge is -2.34. The Morgan fingerprint density at radius 1 is 1.03 bits per heavy atom.